The number of fused-ring (bicyclic) bond motifs is 1. The highest BCUT2D eigenvalue weighted by atomic mass is 79.9. The number of para-hydroxylation sites is 1. The lowest BCUT2D eigenvalue weighted by molar-refractivity contribution is 1.22. The molecule has 1 N–H and O–H groups in total. The van der Waals surface area contributed by atoms with Crippen LogP contribution in [0.25, 0.3) is 5.70 Å². The number of nitrogens with one attached hydrogen (secondary N) is 1. The molecule has 0 radical (unpaired) electrons. The Balaban J connectivity index is 1.80. The molecular formula is C22H18BrNS. The summed E-state index contributed by atoms with van der Waals surface area (Å²) in [6.45, 7) is 2.13. The van der Waals surface area contributed by atoms with Crippen molar-refractivity contribution < 1.29 is 0 Å². The predicted molar refractivity (Wildman–Crippen MR) is 112 cm³/mol. The summed E-state index contributed by atoms with van der Waals surface area (Å²) in [5, 5.41) is 3.90. The molecule has 3 aromatic rings. The van der Waals surface area contributed by atoms with Crippen molar-refractivity contribution >= 4 is 39.1 Å². The van der Waals surface area contributed by atoms with Gasteiger partial charge in [-0.05, 0) is 48.4 Å². The summed E-state index contributed by atoms with van der Waals surface area (Å²) in [4.78, 5) is 1.27. The fraction of sp³-hybridized carbons (Fsp3) is 0.0909. The summed E-state index contributed by atoms with van der Waals surface area (Å²) in [6.07, 6.45) is 2.33. The first-order valence-electron chi connectivity index (χ1n) is 8.26. The van der Waals surface area contributed by atoms with Crippen molar-refractivity contribution in [3.05, 3.63) is 100 Å². The molecule has 0 unspecified atom stereocenters. The van der Waals surface area contributed by atoms with Crippen molar-refractivity contribution in [2.75, 3.05) is 5.32 Å². The maximum atomic E-state index is 3.63. The fourth-order valence-corrected chi connectivity index (χ4v) is 4.34. The van der Waals surface area contributed by atoms with E-state index in [4.69, 9.17) is 0 Å². The van der Waals surface area contributed by atoms with Gasteiger partial charge in [-0.2, -0.15) is 0 Å². The molecular weight excluding hydrogens is 390 g/mol. The minimum atomic E-state index is 0.274. The molecule has 1 aliphatic rings. The Morgan fingerprint density at radius 2 is 1.60 bits per heavy atom. The number of hydrogen-bond donors (Lipinski definition) is 1. The third kappa shape index (κ3) is 3.68. The minimum absolute atomic E-state index is 0.274. The van der Waals surface area contributed by atoms with E-state index >= 15 is 0 Å². The van der Waals surface area contributed by atoms with Gasteiger partial charge in [0.1, 0.15) is 0 Å². The van der Waals surface area contributed by atoms with Crippen LogP contribution in [-0.4, -0.2) is 0 Å². The minimum Gasteiger partial charge on any atom is -0.354 e. The van der Waals surface area contributed by atoms with E-state index in [2.05, 4.69) is 107 Å². The third-order valence-electron chi connectivity index (χ3n) is 4.29. The topological polar surface area (TPSA) is 12.0 Å². The van der Waals surface area contributed by atoms with E-state index in [1.807, 2.05) is 11.8 Å². The number of benzene rings is 3. The van der Waals surface area contributed by atoms with E-state index in [1.165, 1.54) is 21.6 Å². The SMILES string of the molecule is Cc1ccc([C@@H]2C=C(c3ccc(Br)cc3)Nc3ccccc3S2)cc1. The zero-order valence-corrected chi connectivity index (χ0v) is 16.3. The average Bonchev–Trinajstić information content (AvgIpc) is 2.82. The smallest absolute Gasteiger partial charge is 0.0548 e. The molecule has 124 valence electrons. The van der Waals surface area contributed by atoms with Gasteiger partial charge in [0.25, 0.3) is 0 Å². The fourth-order valence-electron chi connectivity index (χ4n) is 2.90. The summed E-state index contributed by atoms with van der Waals surface area (Å²) >= 11 is 5.41. The Labute approximate surface area is 161 Å². The number of hydrogen-bond acceptors (Lipinski definition) is 2. The van der Waals surface area contributed by atoms with E-state index in [0.717, 1.165) is 15.9 Å². The molecule has 0 aliphatic carbocycles. The Kier molecular flexibility index (Phi) is 4.69. The van der Waals surface area contributed by atoms with Crippen molar-refractivity contribution in [2.24, 2.45) is 0 Å². The number of rotatable bonds is 2. The Bertz CT molecular complexity index is 914. The van der Waals surface area contributed by atoms with Gasteiger partial charge >= 0.3 is 0 Å². The van der Waals surface area contributed by atoms with Gasteiger partial charge in [0.15, 0.2) is 0 Å². The number of aryl methyl sites for hydroxylation is 1. The van der Waals surface area contributed by atoms with E-state index in [9.17, 15) is 0 Å². The molecule has 1 heterocycles. The second-order valence-electron chi connectivity index (χ2n) is 6.16. The second-order valence-corrected chi connectivity index (χ2v) is 8.26. The van der Waals surface area contributed by atoms with E-state index < -0.39 is 0 Å². The number of halogens is 1. The van der Waals surface area contributed by atoms with Crippen LogP contribution < -0.4 is 5.32 Å². The molecule has 0 aromatic heterocycles. The zero-order chi connectivity index (χ0) is 17.2. The first kappa shape index (κ1) is 16.5. The summed E-state index contributed by atoms with van der Waals surface area (Å²) in [7, 11) is 0. The Morgan fingerprint density at radius 1 is 0.880 bits per heavy atom. The molecule has 0 bridgehead atoms. The molecule has 3 aromatic carbocycles. The highest BCUT2D eigenvalue weighted by Crippen LogP contribution is 2.44. The Hall–Kier alpha value is -1.97. The van der Waals surface area contributed by atoms with E-state index in [1.54, 1.807) is 0 Å². The van der Waals surface area contributed by atoms with Crippen LogP contribution in [0, 0.1) is 6.92 Å². The van der Waals surface area contributed by atoms with Crippen molar-refractivity contribution in [1.29, 1.82) is 0 Å². The third-order valence-corrected chi connectivity index (χ3v) is 6.09. The number of thioether (sulfide) groups is 1. The molecule has 1 atom stereocenters. The van der Waals surface area contributed by atoms with Crippen molar-refractivity contribution in [1.82, 2.24) is 0 Å². The first-order chi connectivity index (χ1) is 12.2. The molecule has 4 rings (SSSR count). The maximum absolute atomic E-state index is 3.63. The molecule has 0 fully saturated rings. The molecule has 1 nitrogen and oxygen atoms in total. The molecule has 3 heteroatoms. The number of anilines is 1. The molecule has 0 spiro atoms. The normalized spacial score (nSPS) is 16.4. The van der Waals surface area contributed by atoms with Crippen LogP contribution in [0.5, 0.6) is 0 Å². The van der Waals surface area contributed by atoms with Gasteiger partial charge in [-0.1, -0.05) is 70.0 Å². The lowest BCUT2D eigenvalue weighted by atomic mass is 10.1. The standard InChI is InChI=1S/C22H18BrNS/c1-15-6-8-17(9-7-15)22-14-20(16-10-12-18(23)13-11-16)24-19-4-2-3-5-21(19)25-22/h2-14,22,24H,1H3/t22-/m0/s1. The van der Waals surface area contributed by atoms with Gasteiger partial charge in [-0.25, -0.2) is 0 Å². The molecule has 0 amide bonds. The van der Waals surface area contributed by atoms with Gasteiger partial charge in [-0.15, -0.1) is 11.8 Å². The van der Waals surface area contributed by atoms with E-state index in [0.29, 0.717) is 0 Å². The first-order valence-corrected chi connectivity index (χ1v) is 9.93. The van der Waals surface area contributed by atoms with Gasteiger partial charge < -0.3 is 5.32 Å². The van der Waals surface area contributed by atoms with Crippen LogP contribution in [0.4, 0.5) is 5.69 Å². The summed E-state index contributed by atoms with van der Waals surface area (Å²) in [6, 6.07) is 25.8. The highest BCUT2D eigenvalue weighted by Gasteiger charge is 2.19. The van der Waals surface area contributed by atoms with Gasteiger partial charge in [-0.3, -0.25) is 0 Å². The molecule has 25 heavy (non-hydrogen) atoms. The second kappa shape index (κ2) is 7.11. The monoisotopic (exact) mass is 407 g/mol. The largest absolute Gasteiger partial charge is 0.354 e. The van der Waals surface area contributed by atoms with Crippen LogP contribution in [0.15, 0.2) is 88.2 Å². The van der Waals surface area contributed by atoms with Crippen LogP contribution >= 0.6 is 27.7 Å². The van der Waals surface area contributed by atoms with Crippen molar-refractivity contribution in [3.63, 3.8) is 0 Å². The van der Waals surface area contributed by atoms with E-state index in [-0.39, 0.29) is 5.25 Å². The average molecular weight is 408 g/mol. The zero-order valence-electron chi connectivity index (χ0n) is 13.9. The lowest BCUT2D eigenvalue weighted by Crippen LogP contribution is -1.99. The summed E-state index contributed by atoms with van der Waals surface area (Å²) < 4.78 is 1.09. The summed E-state index contributed by atoms with van der Waals surface area (Å²) in [5.74, 6) is 0. The molecule has 0 saturated heterocycles. The van der Waals surface area contributed by atoms with Crippen LogP contribution in [0.3, 0.4) is 0 Å². The van der Waals surface area contributed by atoms with Crippen molar-refractivity contribution in [3.8, 4) is 0 Å². The molecule has 0 saturated carbocycles. The van der Waals surface area contributed by atoms with Gasteiger partial charge in [0.05, 0.1) is 10.9 Å². The van der Waals surface area contributed by atoms with Gasteiger partial charge in [0, 0.05) is 15.1 Å². The van der Waals surface area contributed by atoms with Crippen LogP contribution in [-0.2, 0) is 0 Å². The summed E-state index contributed by atoms with van der Waals surface area (Å²) in [5.41, 5.74) is 6.12. The lowest BCUT2D eigenvalue weighted by Gasteiger charge is -2.13. The van der Waals surface area contributed by atoms with Gasteiger partial charge in [0.2, 0.25) is 0 Å². The van der Waals surface area contributed by atoms with Crippen LogP contribution in [0.1, 0.15) is 21.9 Å². The quantitative estimate of drug-likeness (QED) is 0.487. The van der Waals surface area contributed by atoms with Crippen LogP contribution in [0.2, 0.25) is 0 Å². The highest BCUT2D eigenvalue weighted by molar-refractivity contribution is 9.10. The maximum Gasteiger partial charge on any atom is 0.0548 e. The molecule has 1 aliphatic heterocycles. The van der Waals surface area contributed by atoms with Crippen molar-refractivity contribution in [2.45, 2.75) is 17.1 Å². The Morgan fingerprint density at radius 3 is 2.36 bits per heavy atom. The predicted octanol–water partition coefficient (Wildman–Crippen LogP) is 7.06.